The van der Waals surface area contributed by atoms with Gasteiger partial charge in [-0.05, 0) is 72.9 Å². The fraction of sp³-hybridized carbons (Fsp3) is 0.324. The number of para-hydroxylation sites is 1. The molecule has 4 N–H and O–H groups in total. The maximum atomic E-state index is 13.0. The molecule has 13 heteroatoms. The lowest BCUT2D eigenvalue weighted by atomic mass is 10.1. The highest BCUT2D eigenvalue weighted by atomic mass is 16.5. The molecule has 0 saturated carbocycles. The molecule has 2 aliphatic rings. The van der Waals surface area contributed by atoms with Crippen molar-refractivity contribution in [1.29, 1.82) is 0 Å². The number of amides is 2. The van der Waals surface area contributed by atoms with Crippen molar-refractivity contribution in [3.8, 4) is 22.8 Å². The van der Waals surface area contributed by atoms with Crippen LogP contribution in [0.4, 0.5) is 11.5 Å². The lowest BCUT2D eigenvalue weighted by Gasteiger charge is -2.36. The molecule has 50 heavy (non-hydrogen) atoms. The molecule has 13 nitrogen and oxygen atoms in total. The van der Waals surface area contributed by atoms with Crippen molar-refractivity contribution in [2.75, 3.05) is 43.4 Å². The van der Waals surface area contributed by atoms with Crippen LogP contribution in [0.25, 0.3) is 22.3 Å². The van der Waals surface area contributed by atoms with E-state index in [1.807, 2.05) is 48.5 Å². The number of hydrogen-bond donors (Lipinski definition) is 3. The fourth-order valence-corrected chi connectivity index (χ4v) is 6.82. The molecular weight excluding hydrogens is 636 g/mol. The number of nitrogens with zero attached hydrogens (tertiary/aromatic N) is 6. The second kappa shape index (κ2) is 14.0. The normalized spacial score (nSPS) is 16.9. The van der Waals surface area contributed by atoms with Gasteiger partial charge in [0, 0.05) is 51.8 Å². The molecular formula is C37H40N8O5. The minimum atomic E-state index is -0.693. The summed E-state index contributed by atoms with van der Waals surface area (Å²) in [6.45, 7) is 4.71. The monoisotopic (exact) mass is 676 g/mol. The van der Waals surface area contributed by atoms with Crippen molar-refractivity contribution >= 4 is 34.4 Å². The zero-order chi connectivity index (χ0) is 34.8. The minimum Gasteiger partial charge on any atom is -0.507 e. The SMILES string of the molecule is Cn1c(=O)n(C2CCC(=O)NC2=O)c2ccc(CCCOc3ccc(CN4CCN(c5cc(-c6ccccc6O)nnc5N)CC4)cc3)cc21. The Kier molecular flexibility index (Phi) is 9.22. The van der Waals surface area contributed by atoms with E-state index in [1.165, 1.54) is 10.1 Å². The number of phenolic OH excluding ortho intramolecular Hbond substituents is 1. The van der Waals surface area contributed by atoms with Gasteiger partial charge in [-0.3, -0.25) is 28.9 Å². The van der Waals surface area contributed by atoms with Crippen molar-refractivity contribution in [1.82, 2.24) is 29.5 Å². The number of nitrogen functional groups attached to an aromatic ring is 1. The van der Waals surface area contributed by atoms with Gasteiger partial charge in [-0.15, -0.1) is 10.2 Å². The number of ether oxygens (including phenoxy) is 1. The average Bonchev–Trinajstić information content (AvgIpc) is 3.36. The summed E-state index contributed by atoms with van der Waals surface area (Å²) >= 11 is 0. The molecule has 2 amide bonds. The van der Waals surface area contributed by atoms with Crippen LogP contribution in [0.1, 0.15) is 36.4 Å². The molecule has 2 aromatic heterocycles. The van der Waals surface area contributed by atoms with Crippen molar-refractivity contribution in [3.63, 3.8) is 0 Å². The highest BCUT2D eigenvalue weighted by Gasteiger charge is 2.31. The second-order valence-corrected chi connectivity index (χ2v) is 12.9. The number of phenols is 1. The second-order valence-electron chi connectivity index (χ2n) is 12.9. The first-order valence-corrected chi connectivity index (χ1v) is 16.9. The van der Waals surface area contributed by atoms with E-state index in [1.54, 1.807) is 23.7 Å². The molecule has 5 aromatic rings. The molecule has 258 valence electrons. The third-order valence-corrected chi connectivity index (χ3v) is 9.58. The maximum Gasteiger partial charge on any atom is 0.329 e. The number of nitrogens with one attached hydrogen (secondary N) is 1. The van der Waals surface area contributed by atoms with Crippen LogP contribution < -0.4 is 26.4 Å². The van der Waals surface area contributed by atoms with Crippen LogP contribution in [-0.4, -0.2) is 73.9 Å². The lowest BCUT2D eigenvalue weighted by molar-refractivity contribution is -0.135. The molecule has 0 bridgehead atoms. The van der Waals surface area contributed by atoms with Gasteiger partial charge in [0.15, 0.2) is 5.82 Å². The van der Waals surface area contributed by atoms with Crippen LogP contribution in [0.15, 0.2) is 77.6 Å². The molecule has 0 radical (unpaired) electrons. The number of imidazole rings is 1. The fourth-order valence-electron chi connectivity index (χ4n) is 6.82. The van der Waals surface area contributed by atoms with Crippen LogP contribution in [0.3, 0.4) is 0 Å². The average molecular weight is 677 g/mol. The molecule has 7 rings (SSSR count). The van der Waals surface area contributed by atoms with Crippen molar-refractivity contribution < 1.29 is 19.4 Å². The Morgan fingerprint density at radius 3 is 2.44 bits per heavy atom. The smallest absolute Gasteiger partial charge is 0.329 e. The molecule has 2 saturated heterocycles. The van der Waals surface area contributed by atoms with Crippen molar-refractivity contribution in [3.05, 3.63) is 94.4 Å². The number of carbonyl (C=O) groups is 2. The van der Waals surface area contributed by atoms with Crippen LogP contribution >= 0.6 is 0 Å². The number of nitrogens with two attached hydrogens (primary N) is 1. The Morgan fingerprint density at radius 2 is 1.68 bits per heavy atom. The van der Waals surface area contributed by atoms with Gasteiger partial charge in [0.05, 0.1) is 29.0 Å². The number of aromatic hydroxyl groups is 1. The summed E-state index contributed by atoms with van der Waals surface area (Å²) in [5.41, 5.74) is 11.7. The van der Waals surface area contributed by atoms with Gasteiger partial charge in [-0.1, -0.05) is 30.3 Å². The van der Waals surface area contributed by atoms with Gasteiger partial charge in [0.25, 0.3) is 0 Å². The third kappa shape index (κ3) is 6.77. The Hall–Kier alpha value is -5.69. The van der Waals surface area contributed by atoms with Gasteiger partial charge in [-0.25, -0.2) is 4.79 Å². The van der Waals surface area contributed by atoms with Gasteiger partial charge in [0.1, 0.15) is 17.5 Å². The third-order valence-electron chi connectivity index (χ3n) is 9.58. The minimum absolute atomic E-state index is 0.157. The summed E-state index contributed by atoms with van der Waals surface area (Å²) in [4.78, 5) is 41.7. The number of benzene rings is 3. The zero-order valence-corrected chi connectivity index (χ0v) is 27.9. The van der Waals surface area contributed by atoms with Gasteiger partial charge >= 0.3 is 5.69 Å². The van der Waals surface area contributed by atoms with E-state index in [0.717, 1.165) is 68.1 Å². The van der Waals surface area contributed by atoms with Crippen LogP contribution in [0.2, 0.25) is 0 Å². The number of aryl methyl sites for hydroxylation is 2. The van der Waals surface area contributed by atoms with Gasteiger partial charge in [0.2, 0.25) is 11.8 Å². The van der Waals surface area contributed by atoms with E-state index in [4.69, 9.17) is 10.5 Å². The number of piperazine rings is 1. The number of imide groups is 1. The number of anilines is 2. The zero-order valence-electron chi connectivity index (χ0n) is 27.9. The molecule has 4 heterocycles. The predicted molar refractivity (Wildman–Crippen MR) is 190 cm³/mol. The largest absolute Gasteiger partial charge is 0.507 e. The molecule has 1 atom stereocenters. The van der Waals surface area contributed by atoms with Crippen molar-refractivity contribution in [2.45, 2.75) is 38.3 Å². The summed E-state index contributed by atoms with van der Waals surface area (Å²) in [6, 6.07) is 22.4. The Morgan fingerprint density at radius 1 is 0.920 bits per heavy atom. The van der Waals surface area contributed by atoms with Gasteiger partial charge in [-0.2, -0.15) is 0 Å². The van der Waals surface area contributed by atoms with Crippen molar-refractivity contribution in [2.24, 2.45) is 7.05 Å². The predicted octanol–water partition coefficient (Wildman–Crippen LogP) is 3.40. The van der Waals surface area contributed by atoms with E-state index < -0.39 is 11.9 Å². The van der Waals surface area contributed by atoms with E-state index in [9.17, 15) is 19.5 Å². The Balaban J connectivity index is 0.887. The quantitative estimate of drug-likeness (QED) is 0.148. The summed E-state index contributed by atoms with van der Waals surface area (Å²) in [6.07, 6.45) is 2.09. The van der Waals surface area contributed by atoms with Gasteiger partial charge < -0.3 is 20.5 Å². The van der Waals surface area contributed by atoms with Crippen LogP contribution in [0.5, 0.6) is 11.5 Å². The van der Waals surface area contributed by atoms with Crippen LogP contribution in [0, 0.1) is 0 Å². The van der Waals surface area contributed by atoms with E-state index >= 15 is 0 Å². The number of rotatable bonds is 10. The Bertz CT molecular complexity index is 2100. The number of piperidine rings is 1. The van der Waals surface area contributed by atoms with E-state index in [2.05, 4.69) is 37.4 Å². The standard InChI is InChI=1S/C37H40N8O5/c1-42-31-21-24(10-13-29(31)45(37(42)49)30-14-15-34(47)39-36(30)48)5-4-20-50-26-11-8-25(9-12-26)23-43-16-18-44(19-17-43)32-22-28(40-41-35(32)38)27-6-2-3-7-33(27)46/h2-3,6-13,21-22,30,46H,4-5,14-20,23H2,1H3,(H2,38,41)(H,39,47,48). The number of carbonyl (C=O) groups excluding carboxylic acids is 2. The first kappa shape index (κ1) is 32.8. The first-order valence-electron chi connectivity index (χ1n) is 16.9. The Labute approximate surface area is 288 Å². The summed E-state index contributed by atoms with van der Waals surface area (Å²) in [7, 11) is 1.70. The van der Waals surface area contributed by atoms with E-state index in [-0.39, 0.29) is 23.8 Å². The molecule has 2 fully saturated rings. The number of aromatic nitrogens is 4. The summed E-state index contributed by atoms with van der Waals surface area (Å²) in [5, 5.41) is 21.0. The summed E-state index contributed by atoms with van der Waals surface area (Å²) in [5.74, 6) is 0.612. The topological polar surface area (TPSA) is 161 Å². The van der Waals surface area contributed by atoms with Crippen LogP contribution in [-0.2, 0) is 29.6 Å². The van der Waals surface area contributed by atoms with E-state index in [0.29, 0.717) is 35.6 Å². The highest BCUT2D eigenvalue weighted by Crippen LogP contribution is 2.32. The molecule has 0 spiro atoms. The lowest BCUT2D eigenvalue weighted by Crippen LogP contribution is -2.46. The maximum absolute atomic E-state index is 13.0. The molecule has 1 unspecified atom stereocenters. The molecule has 2 aliphatic heterocycles. The number of hydrogen-bond acceptors (Lipinski definition) is 10. The highest BCUT2D eigenvalue weighted by molar-refractivity contribution is 6.00. The molecule has 3 aromatic carbocycles. The summed E-state index contributed by atoms with van der Waals surface area (Å²) < 4.78 is 9.10. The first-order chi connectivity index (χ1) is 24.2. The molecule has 0 aliphatic carbocycles. The number of fused-ring (bicyclic) bond motifs is 1.